The number of nitriles is 1. The Kier molecular flexibility index (Phi) is 4.35. The summed E-state index contributed by atoms with van der Waals surface area (Å²) in [5, 5.41) is 11.6. The third-order valence-corrected chi connectivity index (χ3v) is 6.09. The molecule has 1 aliphatic heterocycles. The third kappa shape index (κ3) is 2.48. The minimum absolute atomic E-state index is 0.0474. The first-order valence-electron chi connectivity index (χ1n) is 7.41. The lowest BCUT2D eigenvalue weighted by molar-refractivity contribution is 0.0522. The molecule has 0 aliphatic carbocycles. The Morgan fingerprint density at radius 2 is 2.21 bits per heavy atom. The standard InChI is InChI=1S/C17H16N2O3S2/c1-4-21-17(20)11-9(3)24-15-12(14-8(2)5-6-23-14)10(7-18)16(19)22-13(11)15/h5-6,12H,4,19H2,1-3H3/t12-/m1/s1. The number of thiophene rings is 2. The van der Waals surface area contributed by atoms with E-state index in [1.54, 1.807) is 18.3 Å². The van der Waals surface area contributed by atoms with E-state index in [-0.39, 0.29) is 18.4 Å². The maximum atomic E-state index is 12.3. The number of aryl methyl sites for hydroxylation is 2. The van der Waals surface area contributed by atoms with Crippen LogP contribution < -0.4 is 10.5 Å². The Morgan fingerprint density at radius 1 is 1.46 bits per heavy atom. The molecule has 124 valence electrons. The van der Waals surface area contributed by atoms with Crippen molar-refractivity contribution < 1.29 is 14.3 Å². The molecule has 1 aliphatic rings. The minimum atomic E-state index is -0.428. The lowest BCUT2D eigenvalue weighted by atomic mass is 9.92. The summed E-state index contributed by atoms with van der Waals surface area (Å²) < 4.78 is 10.8. The highest BCUT2D eigenvalue weighted by molar-refractivity contribution is 7.13. The number of ether oxygens (including phenoxy) is 2. The van der Waals surface area contributed by atoms with Gasteiger partial charge < -0.3 is 15.2 Å². The van der Waals surface area contributed by atoms with Gasteiger partial charge in [0.05, 0.1) is 17.4 Å². The lowest BCUT2D eigenvalue weighted by Gasteiger charge is -2.23. The van der Waals surface area contributed by atoms with Gasteiger partial charge in [-0.05, 0) is 37.8 Å². The number of rotatable bonds is 3. The number of carbonyl (C=O) groups excluding carboxylic acids is 1. The van der Waals surface area contributed by atoms with Crippen LogP contribution in [-0.2, 0) is 4.74 Å². The average molecular weight is 360 g/mol. The van der Waals surface area contributed by atoms with E-state index in [4.69, 9.17) is 15.2 Å². The summed E-state index contributed by atoms with van der Waals surface area (Å²) in [6, 6.07) is 4.18. The zero-order chi connectivity index (χ0) is 17.4. The smallest absolute Gasteiger partial charge is 0.343 e. The van der Waals surface area contributed by atoms with E-state index < -0.39 is 5.97 Å². The van der Waals surface area contributed by atoms with Crippen LogP contribution >= 0.6 is 22.7 Å². The maximum absolute atomic E-state index is 12.3. The minimum Gasteiger partial charge on any atom is -0.462 e. The Balaban J connectivity index is 2.22. The SMILES string of the molecule is CCOC(=O)c1c(C)sc2c1OC(N)=C(C#N)[C@@H]2c1sccc1C. The van der Waals surface area contributed by atoms with Crippen molar-refractivity contribution in [3.63, 3.8) is 0 Å². The van der Waals surface area contributed by atoms with Crippen LogP contribution in [0.2, 0.25) is 0 Å². The number of esters is 1. The van der Waals surface area contributed by atoms with Crippen molar-refractivity contribution in [2.24, 2.45) is 5.73 Å². The number of nitrogens with zero attached hydrogens (tertiary/aromatic N) is 1. The van der Waals surface area contributed by atoms with Gasteiger partial charge in [0.25, 0.3) is 0 Å². The van der Waals surface area contributed by atoms with Crippen LogP contribution in [0.25, 0.3) is 0 Å². The van der Waals surface area contributed by atoms with E-state index in [9.17, 15) is 10.1 Å². The van der Waals surface area contributed by atoms with Crippen LogP contribution in [0.3, 0.4) is 0 Å². The first kappa shape index (κ1) is 16.6. The lowest BCUT2D eigenvalue weighted by Crippen LogP contribution is -2.21. The highest BCUT2D eigenvalue weighted by Gasteiger charge is 2.38. The Morgan fingerprint density at radius 3 is 2.79 bits per heavy atom. The summed E-state index contributed by atoms with van der Waals surface area (Å²) in [7, 11) is 0. The first-order chi connectivity index (χ1) is 11.5. The summed E-state index contributed by atoms with van der Waals surface area (Å²) in [6.45, 7) is 5.88. The maximum Gasteiger partial charge on any atom is 0.343 e. The zero-order valence-electron chi connectivity index (χ0n) is 13.5. The molecule has 0 radical (unpaired) electrons. The molecule has 7 heteroatoms. The van der Waals surface area contributed by atoms with E-state index >= 15 is 0 Å². The van der Waals surface area contributed by atoms with E-state index in [0.717, 1.165) is 20.2 Å². The second-order valence-electron chi connectivity index (χ2n) is 5.34. The van der Waals surface area contributed by atoms with Crippen molar-refractivity contribution in [1.82, 2.24) is 0 Å². The fourth-order valence-corrected chi connectivity index (χ4v) is 5.08. The van der Waals surface area contributed by atoms with Gasteiger partial charge in [0.15, 0.2) is 5.75 Å². The molecule has 0 saturated heterocycles. The van der Waals surface area contributed by atoms with Gasteiger partial charge in [-0.2, -0.15) is 5.26 Å². The van der Waals surface area contributed by atoms with Crippen molar-refractivity contribution in [3.05, 3.63) is 48.7 Å². The van der Waals surface area contributed by atoms with Gasteiger partial charge >= 0.3 is 5.97 Å². The summed E-state index contributed by atoms with van der Waals surface area (Å²) in [5.74, 6) is -0.260. The molecule has 1 atom stereocenters. The van der Waals surface area contributed by atoms with E-state index in [1.807, 2.05) is 25.3 Å². The third-order valence-electron chi connectivity index (χ3n) is 3.86. The number of carbonyl (C=O) groups is 1. The molecule has 3 rings (SSSR count). The summed E-state index contributed by atoms with van der Waals surface area (Å²) in [5.41, 5.74) is 7.86. The number of hydrogen-bond donors (Lipinski definition) is 1. The largest absolute Gasteiger partial charge is 0.462 e. The van der Waals surface area contributed by atoms with Gasteiger partial charge in [-0.15, -0.1) is 22.7 Å². The van der Waals surface area contributed by atoms with Crippen molar-refractivity contribution in [2.75, 3.05) is 6.61 Å². The fraction of sp³-hybridized carbons (Fsp3) is 0.294. The van der Waals surface area contributed by atoms with Crippen molar-refractivity contribution in [3.8, 4) is 11.8 Å². The molecule has 0 fully saturated rings. The van der Waals surface area contributed by atoms with Gasteiger partial charge in [0.2, 0.25) is 5.88 Å². The summed E-state index contributed by atoms with van der Waals surface area (Å²) in [4.78, 5) is 15.0. The normalized spacial score (nSPS) is 16.3. The first-order valence-corrected chi connectivity index (χ1v) is 9.11. The highest BCUT2D eigenvalue weighted by Crippen LogP contribution is 2.50. The predicted molar refractivity (Wildman–Crippen MR) is 93.4 cm³/mol. The van der Waals surface area contributed by atoms with Crippen LogP contribution in [0, 0.1) is 25.2 Å². The molecule has 0 aromatic carbocycles. The molecule has 2 N–H and O–H groups in total. The van der Waals surface area contributed by atoms with Gasteiger partial charge in [-0.25, -0.2) is 4.79 Å². The number of fused-ring (bicyclic) bond motifs is 1. The van der Waals surface area contributed by atoms with Crippen LogP contribution in [0.1, 0.15) is 43.4 Å². The quantitative estimate of drug-likeness (QED) is 0.841. The van der Waals surface area contributed by atoms with Crippen LogP contribution in [0.4, 0.5) is 0 Å². The molecule has 5 nitrogen and oxygen atoms in total. The molecule has 2 aromatic rings. The Bertz CT molecular complexity index is 886. The number of hydrogen-bond acceptors (Lipinski definition) is 7. The molecule has 0 amide bonds. The van der Waals surface area contributed by atoms with Crippen molar-refractivity contribution in [1.29, 1.82) is 5.26 Å². The van der Waals surface area contributed by atoms with E-state index in [1.165, 1.54) is 11.3 Å². The summed E-state index contributed by atoms with van der Waals surface area (Å²) in [6.07, 6.45) is 0. The fourth-order valence-electron chi connectivity index (χ4n) is 2.76. The van der Waals surface area contributed by atoms with Gasteiger partial charge in [0.1, 0.15) is 17.2 Å². The average Bonchev–Trinajstić information content (AvgIpc) is 3.08. The van der Waals surface area contributed by atoms with Gasteiger partial charge in [0, 0.05) is 9.75 Å². The molecule has 3 heterocycles. The van der Waals surface area contributed by atoms with E-state index in [0.29, 0.717) is 16.9 Å². The molecular weight excluding hydrogens is 344 g/mol. The highest BCUT2D eigenvalue weighted by atomic mass is 32.1. The Hall–Kier alpha value is -2.30. The van der Waals surface area contributed by atoms with Crippen molar-refractivity contribution in [2.45, 2.75) is 26.7 Å². The zero-order valence-corrected chi connectivity index (χ0v) is 15.1. The van der Waals surface area contributed by atoms with Crippen LogP contribution in [0.15, 0.2) is 22.9 Å². The van der Waals surface area contributed by atoms with Gasteiger partial charge in [-0.1, -0.05) is 0 Å². The molecule has 0 saturated carbocycles. The molecule has 0 bridgehead atoms. The van der Waals surface area contributed by atoms with Crippen LogP contribution in [0.5, 0.6) is 5.75 Å². The van der Waals surface area contributed by atoms with E-state index in [2.05, 4.69) is 6.07 Å². The van der Waals surface area contributed by atoms with Gasteiger partial charge in [-0.3, -0.25) is 0 Å². The second kappa shape index (κ2) is 6.30. The molecule has 2 aromatic heterocycles. The second-order valence-corrected chi connectivity index (χ2v) is 7.54. The topological polar surface area (TPSA) is 85.3 Å². The number of allylic oxidation sites excluding steroid dienone is 1. The molecular formula is C17H16N2O3S2. The summed E-state index contributed by atoms with van der Waals surface area (Å²) >= 11 is 3.02. The van der Waals surface area contributed by atoms with Crippen LogP contribution in [-0.4, -0.2) is 12.6 Å². The number of nitrogens with two attached hydrogens (primary N) is 1. The predicted octanol–water partition coefficient (Wildman–Crippen LogP) is 3.82. The molecule has 0 spiro atoms. The van der Waals surface area contributed by atoms with Crippen molar-refractivity contribution >= 4 is 28.6 Å². The molecule has 0 unspecified atom stereocenters. The molecule has 24 heavy (non-hydrogen) atoms. The monoisotopic (exact) mass is 360 g/mol. The Labute approximate surface area is 147 Å².